The Hall–Kier alpha value is -1.34. The van der Waals surface area contributed by atoms with Gasteiger partial charge in [0, 0.05) is 18.5 Å². The van der Waals surface area contributed by atoms with Crippen molar-refractivity contribution in [2.24, 2.45) is 11.8 Å². The van der Waals surface area contributed by atoms with E-state index in [1.165, 1.54) is 22.2 Å². The number of hydrogen-bond donors (Lipinski definition) is 1. The van der Waals surface area contributed by atoms with Crippen LogP contribution in [0.3, 0.4) is 0 Å². The molecule has 2 aromatic heterocycles. The quantitative estimate of drug-likeness (QED) is 0.603. The second-order valence-corrected chi connectivity index (χ2v) is 9.55. The lowest BCUT2D eigenvalue weighted by Crippen LogP contribution is -2.26. The van der Waals surface area contributed by atoms with Crippen LogP contribution in [-0.4, -0.2) is 28.3 Å². The highest BCUT2D eigenvalue weighted by Crippen LogP contribution is 2.36. The van der Waals surface area contributed by atoms with Gasteiger partial charge in [0.2, 0.25) is 5.91 Å². The second-order valence-electron chi connectivity index (χ2n) is 7.53. The fourth-order valence-electron chi connectivity index (χ4n) is 3.30. The highest BCUT2D eigenvalue weighted by molar-refractivity contribution is 7.99. The van der Waals surface area contributed by atoms with Gasteiger partial charge in [0.25, 0.3) is 5.56 Å². The Morgan fingerprint density at radius 2 is 2.23 bits per heavy atom. The maximum atomic E-state index is 13.3. The van der Waals surface area contributed by atoms with Crippen molar-refractivity contribution in [2.45, 2.75) is 58.2 Å². The van der Waals surface area contributed by atoms with Crippen LogP contribution in [0.2, 0.25) is 0 Å². The highest BCUT2D eigenvalue weighted by Gasteiger charge is 2.24. The van der Waals surface area contributed by atoms with Crippen molar-refractivity contribution in [3.8, 4) is 0 Å². The Morgan fingerprint density at radius 1 is 1.46 bits per heavy atom. The molecule has 0 aromatic carbocycles. The standard InChI is InChI=1S/C19H27N3O2S2/c1-11(2)7-8-22-18(24)16-13-6-5-12(3)9-14(13)26-17(16)21-19(22)25-10-15(23)20-4/h11-12H,5-10H2,1-4H3,(H,20,23)/t12-/m1/s1. The van der Waals surface area contributed by atoms with E-state index >= 15 is 0 Å². The summed E-state index contributed by atoms with van der Waals surface area (Å²) in [6.07, 6.45) is 4.08. The van der Waals surface area contributed by atoms with Gasteiger partial charge in [0.05, 0.1) is 11.1 Å². The van der Waals surface area contributed by atoms with E-state index < -0.39 is 0 Å². The molecule has 0 radical (unpaired) electrons. The molecular weight excluding hydrogens is 366 g/mol. The molecule has 7 heteroatoms. The molecule has 26 heavy (non-hydrogen) atoms. The maximum Gasteiger partial charge on any atom is 0.263 e. The molecule has 5 nitrogen and oxygen atoms in total. The summed E-state index contributed by atoms with van der Waals surface area (Å²) in [4.78, 5) is 32.0. The van der Waals surface area contributed by atoms with E-state index in [1.54, 1.807) is 23.0 Å². The van der Waals surface area contributed by atoms with Gasteiger partial charge in [-0.25, -0.2) is 4.98 Å². The highest BCUT2D eigenvalue weighted by atomic mass is 32.2. The van der Waals surface area contributed by atoms with Crippen molar-refractivity contribution in [3.05, 3.63) is 20.8 Å². The molecule has 0 aliphatic heterocycles. The monoisotopic (exact) mass is 393 g/mol. The minimum Gasteiger partial charge on any atom is -0.358 e. The molecule has 0 spiro atoms. The van der Waals surface area contributed by atoms with Crippen LogP contribution in [0.4, 0.5) is 0 Å². The van der Waals surface area contributed by atoms with Gasteiger partial charge < -0.3 is 5.32 Å². The van der Waals surface area contributed by atoms with Gasteiger partial charge in [-0.15, -0.1) is 11.3 Å². The molecule has 142 valence electrons. The second kappa shape index (κ2) is 8.13. The van der Waals surface area contributed by atoms with Crippen LogP contribution in [0.25, 0.3) is 10.2 Å². The first-order chi connectivity index (χ1) is 12.4. The minimum atomic E-state index is -0.0564. The summed E-state index contributed by atoms with van der Waals surface area (Å²) in [6.45, 7) is 7.23. The van der Waals surface area contributed by atoms with E-state index in [1.807, 2.05) is 0 Å². The van der Waals surface area contributed by atoms with Gasteiger partial charge in [-0.05, 0) is 43.1 Å². The van der Waals surface area contributed by atoms with Gasteiger partial charge in [-0.1, -0.05) is 32.5 Å². The molecule has 3 rings (SSSR count). The number of carbonyl (C=O) groups excluding carboxylic acids is 1. The first-order valence-electron chi connectivity index (χ1n) is 9.29. The summed E-state index contributed by atoms with van der Waals surface area (Å²) in [5.74, 6) is 1.39. The smallest absolute Gasteiger partial charge is 0.263 e. The zero-order valence-corrected chi connectivity index (χ0v) is 17.6. The molecule has 2 aromatic rings. The SMILES string of the molecule is CNC(=O)CSc1nc2sc3c(c2c(=O)n1CCC(C)C)CC[C@@H](C)C3. The minimum absolute atomic E-state index is 0.0564. The van der Waals surface area contributed by atoms with Crippen LogP contribution in [-0.2, 0) is 24.2 Å². The largest absolute Gasteiger partial charge is 0.358 e. The van der Waals surface area contributed by atoms with Crippen LogP contribution in [0.15, 0.2) is 9.95 Å². The van der Waals surface area contributed by atoms with Gasteiger partial charge in [0.1, 0.15) is 4.83 Å². The summed E-state index contributed by atoms with van der Waals surface area (Å²) in [7, 11) is 1.62. The Kier molecular flexibility index (Phi) is 6.07. The molecule has 1 atom stereocenters. The van der Waals surface area contributed by atoms with E-state index in [0.717, 1.165) is 35.9 Å². The summed E-state index contributed by atoms with van der Waals surface area (Å²) in [5.41, 5.74) is 1.30. The number of aromatic nitrogens is 2. The molecular formula is C19H27N3O2S2. The molecule has 0 unspecified atom stereocenters. The fraction of sp³-hybridized carbons (Fsp3) is 0.632. The van der Waals surface area contributed by atoms with Crippen LogP contribution < -0.4 is 10.9 Å². The number of carbonyl (C=O) groups is 1. The Labute approximate surface area is 162 Å². The van der Waals surface area contributed by atoms with Crippen LogP contribution in [0, 0.1) is 11.8 Å². The number of aryl methyl sites for hydroxylation is 1. The van der Waals surface area contributed by atoms with E-state index in [0.29, 0.717) is 23.5 Å². The van der Waals surface area contributed by atoms with Gasteiger partial charge in [0.15, 0.2) is 5.16 Å². The number of amides is 1. The Morgan fingerprint density at radius 3 is 2.92 bits per heavy atom. The van der Waals surface area contributed by atoms with Crippen molar-refractivity contribution < 1.29 is 4.79 Å². The average molecular weight is 394 g/mol. The summed E-state index contributed by atoms with van der Waals surface area (Å²) in [5, 5.41) is 4.12. The van der Waals surface area contributed by atoms with Crippen molar-refractivity contribution in [3.63, 3.8) is 0 Å². The lowest BCUT2D eigenvalue weighted by molar-refractivity contribution is -0.118. The third-order valence-electron chi connectivity index (χ3n) is 4.92. The van der Waals surface area contributed by atoms with E-state index in [4.69, 9.17) is 4.98 Å². The molecule has 0 fully saturated rings. The van der Waals surface area contributed by atoms with Gasteiger partial charge in [-0.2, -0.15) is 0 Å². The molecule has 0 bridgehead atoms. The topological polar surface area (TPSA) is 64.0 Å². The maximum absolute atomic E-state index is 13.3. The fourth-order valence-corrected chi connectivity index (χ4v) is 5.62. The predicted octanol–water partition coefficient (Wildman–Crippen LogP) is 3.47. The van der Waals surface area contributed by atoms with Crippen LogP contribution in [0.1, 0.15) is 44.1 Å². The third kappa shape index (κ3) is 3.98. The normalized spacial score (nSPS) is 16.9. The first-order valence-corrected chi connectivity index (χ1v) is 11.1. The van der Waals surface area contributed by atoms with Gasteiger partial charge in [-0.3, -0.25) is 14.2 Å². The number of thiophene rings is 1. The Balaban J connectivity index is 2.07. The van der Waals surface area contributed by atoms with Crippen molar-refractivity contribution in [1.82, 2.24) is 14.9 Å². The van der Waals surface area contributed by atoms with Crippen molar-refractivity contribution in [1.29, 1.82) is 0 Å². The number of rotatable bonds is 6. The molecule has 1 N–H and O–H groups in total. The van der Waals surface area contributed by atoms with Gasteiger partial charge >= 0.3 is 0 Å². The molecule has 1 aliphatic carbocycles. The molecule has 0 saturated carbocycles. The van der Waals surface area contributed by atoms with Crippen LogP contribution >= 0.6 is 23.1 Å². The number of thioether (sulfide) groups is 1. The molecule has 0 saturated heterocycles. The zero-order valence-electron chi connectivity index (χ0n) is 15.9. The van der Waals surface area contributed by atoms with E-state index in [9.17, 15) is 9.59 Å². The Bertz CT molecular complexity index is 870. The number of nitrogens with zero attached hydrogens (tertiary/aromatic N) is 2. The van der Waals surface area contributed by atoms with Crippen molar-refractivity contribution in [2.75, 3.05) is 12.8 Å². The zero-order chi connectivity index (χ0) is 18.8. The molecule has 1 amide bonds. The first kappa shape index (κ1) is 19.4. The summed E-state index contributed by atoms with van der Waals surface area (Å²) in [6, 6.07) is 0. The van der Waals surface area contributed by atoms with Crippen LogP contribution in [0.5, 0.6) is 0 Å². The number of nitrogens with one attached hydrogen (secondary N) is 1. The predicted molar refractivity (Wildman–Crippen MR) is 109 cm³/mol. The average Bonchev–Trinajstić information content (AvgIpc) is 2.95. The number of hydrogen-bond acceptors (Lipinski definition) is 5. The molecule has 1 aliphatic rings. The van der Waals surface area contributed by atoms with E-state index in [2.05, 4.69) is 26.1 Å². The lowest BCUT2D eigenvalue weighted by atomic mass is 9.89. The summed E-state index contributed by atoms with van der Waals surface area (Å²) < 4.78 is 1.79. The van der Waals surface area contributed by atoms with Crippen molar-refractivity contribution >= 4 is 39.2 Å². The summed E-state index contributed by atoms with van der Waals surface area (Å²) >= 11 is 3.02. The number of fused-ring (bicyclic) bond motifs is 3. The lowest BCUT2D eigenvalue weighted by Gasteiger charge is -2.18. The van der Waals surface area contributed by atoms with E-state index in [-0.39, 0.29) is 17.2 Å². The third-order valence-corrected chi connectivity index (χ3v) is 7.05. The molecule has 2 heterocycles.